The van der Waals surface area contributed by atoms with E-state index >= 15 is 0 Å². The number of aliphatic hydroxyl groups is 1. The van der Waals surface area contributed by atoms with Crippen LogP contribution in [0.15, 0.2) is 0 Å². The summed E-state index contributed by atoms with van der Waals surface area (Å²) in [6.45, 7) is 3.59. The van der Waals surface area contributed by atoms with Crippen molar-refractivity contribution in [2.75, 3.05) is 45.8 Å². The highest BCUT2D eigenvalue weighted by atomic mass is 16.3. The third-order valence-electron chi connectivity index (χ3n) is 2.68. The fourth-order valence-electron chi connectivity index (χ4n) is 1.62. The Hall–Kier alpha value is -1.17. The standard InChI is InChI=1S/C13H27N5O2/c1-2-9-18(10-3-12(19)16-7-5-14)11-4-13(20)17-8-6-15/h1,12,16,19H,3-11,14-15H2,(H,17,20). The summed E-state index contributed by atoms with van der Waals surface area (Å²) in [5.41, 5.74) is 10.6. The molecule has 7 N–H and O–H groups in total. The number of hydrogen-bond acceptors (Lipinski definition) is 6. The van der Waals surface area contributed by atoms with E-state index in [4.69, 9.17) is 17.9 Å². The van der Waals surface area contributed by atoms with Crippen LogP contribution >= 0.6 is 0 Å². The van der Waals surface area contributed by atoms with E-state index < -0.39 is 6.23 Å². The van der Waals surface area contributed by atoms with E-state index in [1.807, 2.05) is 4.90 Å². The highest BCUT2D eigenvalue weighted by Gasteiger charge is 2.09. The topological polar surface area (TPSA) is 117 Å². The second-order valence-electron chi connectivity index (χ2n) is 4.42. The number of carbonyl (C=O) groups excluding carboxylic acids is 1. The second kappa shape index (κ2) is 12.8. The van der Waals surface area contributed by atoms with Crippen molar-refractivity contribution >= 4 is 5.91 Å². The number of terminal acetylenes is 1. The summed E-state index contributed by atoms with van der Waals surface area (Å²) in [6.07, 6.45) is 5.60. The monoisotopic (exact) mass is 285 g/mol. The third-order valence-corrected chi connectivity index (χ3v) is 2.68. The molecule has 0 aliphatic rings. The van der Waals surface area contributed by atoms with Gasteiger partial charge in [0.05, 0.1) is 6.54 Å². The molecular weight excluding hydrogens is 258 g/mol. The van der Waals surface area contributed by atoms with Crippen molar-refractivity contribution in [2.45, 2.75) is 19.1 Å². The fraction of sp³-hybridized carbons (Fsp3) is 0.769. The van der Waals surface area contributed by atoms with Crippen molar-refractivity contribution in [1.82, 2.24) is 15.5 Å². The number of hydrogen-bond donors (Lipinski definition) is 5. The van der Waals surface area contributed by atoms with E-state index in [2.05, 4.69) is 16.6 Å². The SMILES string of the molecule is C#CCN(CCC(=O)NCCN)CCC(O)NCCN. The van der Waals surface area contributed by atoms with Crippen LogP contribution < -0.4 is 22.1 Å². The predicted molar refractivity (Wildman–Crippen MR) is 79.6 cm³/mol. The highest BCUT2D eigenvalue weighted by molar-refractivity contribution is 5.76. The molecule has 0 aromatic heterocycles. The van der Waals surface area contributed by atoms with Crippen LogP contribution in [-0.4, -0.2) is 68.0 Å². The minimum atomic E-state index is -0.607. The van der Waals surface area contributed by atoms with Gasteiger partial charge in [-0.05, 0) is 6.42 Å². The first-order chi connectivity index (χ1) is 9.63. The van der Waals surface area contributed by atoms with Crippen LogP contribution in [-0.2, 0) is 4.79 Å². The minimum Gasteiger partial charge on any atom is -0.379 e. The molecule has 7 heteroatoms. The van der Waals surface area contributed by atoms with Crippen LogP contribution in [0.5, 0.6) is 0 Å². The Bertz CT molecular complexity index is 293. The van der Waals surface area contributed by atoms with Crippen molar-refractivity contribution in [2.24, 2.45) is 11.5 Å². The molecule has 0 aromatic rings. The maximum absolute atomic E-state index is 11.5. The molecule has 0 radical (unpaired) electrons. The molecule has 1 amide bonds. The summed E-state index contributed by atoms with van der Waals surface area (Å²) in [7, 11) is 0. The number of nitrogens with zero attached hydrogens (tertiary/aromatic N) is 1. The molecule has 0 aromatic carbocycles. The quantitative estimate of drug-likeness (QED) is 0.202. The van der Waals surface area contributed by atoms with Gasteiger partial charge in [-0.25, -0.2) is 0 Å². The van der Waals surface area contributed by atoms with Gasteiger partial charge in [0.2, 0.25) is 5.91 Å². The van der Waals surface area contributed by atoms with Crippen molar-refractivity contribution < 1.29 is 9.90 Å². The fourth-order valence-corrected chi connectivity index (χ4v) is 1.62. The molecule has 7 nitrogen and oxygen atoms in total. The van der Waals surface area contributed by atoms with Crippen LogP contribution in [0.25, 0.3) is 0 Å². The molecule has 20 heavy (non-hydrogen) atoms. The summed E-state index contributed by atoms with van der Waals surface area (Å²) >= 11 is 0. The van der Waals surface area contributed by atoms with Crippen LogP contribution in [0.2, 0.25) is 0 Å². The van der Waals surface area contributed by atoms with Crippen LogP contribution in [0.3, 0.4) is 0 Å². The van der Waals surface area contributed by atoms with E-state index in [1.54, 1.807) is 0 Å². The third kappa shape index (κ3) is 10.7. The first kappa shape index (κ1) is 18.8. The summed E-state index contributed by atoms with van der Waals surface area (Å²) in [5, 5.41) is 15.2. The lowest BCUT2D eigenvalue weighted by Crippen LogP contribution is -2.38. The van der Waals surface area contributed by atoms with E-state index in [9.17, 15) is 9.90 Å². The molecule has 0 spiro atoms. The van der Waals surface area contributed by atoms with Gasteiger partial charge in [0.15, 0.2) is 0 Å². The lowest BCUT2D eigenvalue weighted by Gasteiger charge is -2.21. The zero-order valence-corrected chi connectivity index (χ0v) is 12.0. The van der Waals surface area contributed by atoms with Crippen molar-refractivity contribution in [1.29, 1.82) is 0 Å². The maximum atomic E-state index is 11.5. The molecule has 0 saturated carbocycles. The Balaban J connectivity index is 3.91. The van der Waals surface area contributed by atoms with Gasteiger partial charge in [-0.3, -0.25) is 15.0 Å². The van der Waals surface area contributed by atoms with Crippen molar-refractivity contribution in [3.8, 4) is 12.3 Å². The van der Waals surface area contributed by atoms with Gasteiger partial charge in [0, 0.05) is 45.7 Å². The Kier molecular flexibility index (Phi) is 12.1. The smallest absolute Gasteiger partial charge is 0.221 e. The molecular formula is C13H27N5O2. The lowest BCUT2D eigenvalue weighted by atomic mass is 10.3. The molecule has 0 heterocycles. The largest absolute Gasteiger partial charge is 0.379 e. The normalized spacial score (nSPS) is 12.2. The highest BCUT2D eigenvalue weighted by Crippen LogP contribution is 1.96. The molecule has 0 saturated heterocycles. The molecule has 1 atom stereocenters. The number of aliphatic hydroxyl groups excluding tert-OH is 1. The van der Waals surface area contributed by atoms with E-state index in [-0.39, 0.29) is 5.91 Å². The van der Waals surface area contributed by atoms with Gasteiger partial charge in [0.25, 0.3) is 0 Å². The number of amides is 1. The molecule has 0 aliphatic carbocycles. The maximum Gasteiger partial charge on any atom is 0.221 e. The van der Waals surface area contributed by atoms with Crippen LogP contribution in [0, 0.1) is 12.3 Å². The van der Waals surface area contributed by atoms with Gasteiger partial charge >= 0.3 is 0 Å². The molecule has 0 fully saturated rings. The molecule has 116 valence electrons. The van der Waals surface area contributed by atoms with E-state index in [0.717, 1.165) is 0 Å². The molecule has 0 aliphatic heterocycles. The van der Waals surface area contributed by atoms with Crippen LogP contribution in [0.4, 0.5) is 0 Å². The van der Waals surface area contributed by atoms with Gasteiger partial charge in [-0.1, -0.05) is 5.92 Å². The molecule has 0 bridgehead atoms. The number of nitrogens with two attached hydrogens (primary N) is 2. The van der Waals surface area contributed by atoms with Crippen molar-refractivity contribution in [3.05, 3.63) is 0 Å². The first-order valence-electron chi connectivity index (χ1n) is 6.88. The first-order valence-corrected chi connectivity index (χ1v) is 6.88. The van der Waals surface area contributed by atoms with Crippen molar-refractivity contribution in [3.63, 3.8) is 0 Å². The Morgan fingerprint density at radius 2 is 2.00 bits per heavy atom. The summed E-state index contributed by atoms with van der Waals surface area (Å²) in [4.78, 5) is 13.4. The Labute approximate surface area is 121 Å². The van der Waals surface area contributed by atoms with Crippen LogP contribution in [0.1, 0.15) is 12.8 Å². The summed E-state index contributed by atoms with van der Waals surface area (Å²) in [6, 6.07) is 0. The number of nitrogens with one attached hydrogen (secondary N) is 2. The number of rotatable bonds is 12. The second-order valence-corrected chi connectivity index (χ2v) is 4.42. The van der Waals surface area contributed by atoms with Gasteiger partial charge in [0.1, 0.15) is 6.23 Å². The molecule has 0 rings (SSSR count). The van der Waals surface area contributed by atoms with E-state index in [1.165, 1.54) is 0 Å². The summed E-state index contributed by atoms with van der Waals surface area (Å²) in [5.74, 6) is 2.51. The average Bonchev–Trinajstić information content (AvgIpc) is 2.45. The Morgan fingerprint density at radius 3 is 2.60 bits per heavy atom. The lowest BCUT2D eigenvalue weighted by molar-refractivity contribution is -0.121. The average molecular weight is 285 g/mol. The molecule has 1 unspecified atom stereocenters. The Morgan fingerprint density at radius 1 is 1.30 bits per heavy atom. The van der Waals surface area contributed by atoms with Gasteiger partial charge < -0.3 is 21.9 Å². The minimum absolute atomic E-state index is 0.0423. The predicted octanol–water partition coefficient (Wildman–Crippen LogP) is -2.36. The summed E-state index contributed by atoms with van der Waals surface area (Å²) < 4.78 is 0. The zero-order valence-electron chi connectivity index (χ0n) is 12.0. The van der Waals surface area contributed by atoms with Gasteiger partial charge in [-0.2, -0.15) is 0 Å². The number of carbonyl (C=O) groups is 1. The zero-order chi connectivity index (χ0) is 15.2. The van der Waals surface area contributed by atoms with Gasteiger partial charge in [-0.15, -0.1) is 6.42 Å². The van der Waals surface area contributed by atoms with E-state index in [0.29, 0.717) is 58.7 Å².